The van der Waals surface area contributed by atoms with Gasteiger partial charge in [-0.3, -0.25) is 0 Å². The Balaban J connectivity index is 1.61. The Morgan fingerprint density at radius 2 is 1.31 bits per heavy atom. The number of aryl methyl sites for hydroxylation is 2. The number of methoxy groups -OCH3 is 1. The molecule has 0 aliphatic rings. The molecule has 0 atom stereocenters. The largest absolute Gasteiger partial charge is 0.497 e. The minimum Gasteiger partial charge on any atom is -0.497 e. The number of thiazole rings is 2. The summed E-state index contributed by atoms with van der Waals surface area (Å²) in [4.78, 5) is 9.57. The van der Waals surface area contributed by atoms with Gasteiger partial charge in [-0.25, -0.2) is 9.97 Å². The summed E-state index contributed by atoms with van der Waals surface area (Å²) >= 11 is 3.27. The number of hydrogen-bond acceptors (Lipinski definition) is 5. The highest BCUT2D eigenvalue weighted by atomic mass is 32.1. The molecule has 0 spiro atoms. The second-order valence-corrected chi connectivity index (χ2v) is 7.82. The van der Waals surface area contributed by atoms with Crippen molar-refractivity contribution >= 4 is 22.7 Å². The summed E-state index contributed by atoms with van der Waals surface area (Å²) in [6, 6.07) is 14.4. The van der Waals surface area contributed by atoms with Crippen molar-refractivity contribution in [3.63, 3.8) is 0 Å². The second-order valence-electron chi connectivity index (χ2n) is 6.10. The molecule has 2 aromatic heterocycles. The second kappa shape index (κ2) is 7.02. The first kappa shape index (κ1) is 16.9. The number of benzene rings is 2. The first-order chi connectivity index (χ1) is 12.6. The molecule has 130 valence electrons. The van der Waals surface area contributed by atoms with E-state index in [0.717, 1.165) is 38.3 Å². The van der Waals surface area contributed by atoms with Gasteiger partial charge >= 0.3 is 0 Å². The van der Waals surface area contributed by atoms with Gasteiger partial charge in [0.25, 0.3) is 0 Å². The monoisotopic (exact) mass is 378 g/mol. The fourth-order valence-electron chi connectivity index (χ4n) is 2.67. The number of ether oxygens (including phenoxy) is 1. The SMILES string of the molecule is COc1ccc(-c2csc(-c3nc(-c4ccc(C)c(C)c4)cs3)n2)cc1. The molecule has 26 heavy (non-hydrogen) atoms. The molecule has 2 aromatic carbocycles. The van der Waals surface area contributed by atoms with Crippen molar-refractivity contribution in [3.8, 4) is 38.3 Å². The molecule has 0 radical (unpaired) electrons. The summed E-state index contributed by atoms with van der Waals surface area (Å²) in [6.07, 6.45) is 0. The molecule has 2 heterocycles. The van der Waals surface area contributed by atoms with E-state index in [-0.39, 0.29) is 0 Å². The van der Waals surface area contributed by atoms with Gasteiger partial charge in [-0.1, -0.05) is 12.1 Å². The minimum atomic E-state index is 0.849. The maximum Gasteiger partial charge on any atom is 0.152 e. The lowest BCUT2D eigenvalue weighted by Gasteiger charge is -2.02. The Morgan fingerprint density at radius 3 is 1.88 bits per heavy atom. The Hall–Kier alpha value is -2.50. The summed E-state index contributed by atoms with van der Waals surface area (Å²) in [6.45, 7) is 4.26. The van der Waals surface area contributed by atoms with E-state index in [4.69, 9.17) is 14.7 Å². The third-order valence-corrected chi connectivity index (χ3v) is 6.21. The summed E-state index contributed by atoms with van der Waals surface area (Å²) in [7, 11) is 1.67. The fourth-order valence-corrected chi connectivity index (χ4v) is 4.38. The van der Waals surface area contributed by atoms with Crippen LogP contribution in [0.2, 0.25) is 0 Å². The highest BCUT2D eigenvalue weighted by Gasteiger charge is 2.12. The van der Waals surface area contributed by atoms with Crippen LogP contribution in [0.5, 0.6) is 5.75 Å². The van der Waals surface area contributed by atoms with Gasteiger partial charge < -0.3 is 4.74 Å². The van der Waals surface area contributed by atoms with E-state index in [9.17, 15) is 0 Å². The molecule has 0 unspecified atom stereocenters. The molecule has 4 aromatic rings. The van der Waals surface area contributed by atoms with Crippen LogP contribution in [-0.4, -0.2) is 17.1 Å². The van der Waals surface area contributed by atoms with E-state index in [1.165, 1.54) is 11.1 Å². The van der Waals surface area contributed by atoms with Gasteiger partial charge in [0, 0.05) is 21.9 Å². The average Bonchev–Trinajstić information content (AvgIpc) is 3.33. The third kappa shape index (κ3) is 3.28. The van der Waals surface area contributed by atoms with Crippen molar-refractivity contribution in [2.24, 2.45) is 0 Å². The summed E-state index contributed by atoms with van der Waals surface area (Å²) in [5, 5.41) is 6.10. The Labute approximate surface area is 161 Å². The molecule has 0 saturated carbocycles. The number of rotatable bonds is 4. The first-order valence-electron chi connectivity index (χ1n) is 8.27. The van der Waals surface area contributed by atoms with Gasteiger partial charge in [0.1, 0.15) is 5.75 Å². The van der Waals surface area contributed by atoms with Crippen LogP contribution in [0.15, 0.2) is 53.2 Å². The number of aromatic nitrogens is 2. The Morgan fingerprint density at radius 1 is 0.731 bits per heavy atom. The highest BCUT2D eigenvalue weighted by Crippen LogP contribution is 2.34. The lowest BCUT2D eigenvalue weighted by molar-refractivity contribution is 0.415. The Bertz CT molecular complexity index is 1050. The molecule has 0 saturated heterocycles. The molecule has 0 N–H and O–H groups in total. The molecule has 3 nitrogen and oxygen atoms in total. The van der Waals surface area contributed by atoms with Crippen LogP contribution in [0.1, 0.15) is 11.1 Å². The predicted octanol–water partition coefficient (Wildman–Crippen LogP) is 6.23. The van der Waals surface area contributed by atoms with E-state index in [1.807, 2.05) is 24.3 Å². The predicted molar refractivity (Wildman–Crippen MR) is 110 cm³/mol. The van der Waals surface area contributed by atoms with E-state index in [0.29, 0.717) is 0 Å². The van der Waals surface area contributed by atoms with Gasteiger partial charge in [0.2, 0.25) is 0 Å². The van der Waals surface area contributed by atoms with Crippen LogP contribution >= 0.6 is 22.7 Å². The van der Waals surface area contributed by atoms with Crippen LogP contribution in [-0.2, 0) is 0 Å². The summed E-state index contributed by atoms with van der Waals surface area (Å²) in [5.74, 6) is 0.849. The lowest BCUT2D eigenvalue weighted by Crippen LogP contribution is -1.84. The van der Waals surface area contributed by atoms with Crippen molar-refractivity contribution in [2.75, 3.05) is 7.11 Å². The zero-order chi connectivity index (χ0) is 18.1. The Kier molecular flexibility index (Phi) is 4.57. The van der Waals surface area contributed by atoms with Crippen molar-refractivity contribution in [1.29, 1.82) is 0 Å². The number of nitrogens with zero attached hydrogens (tertiary/aromatic N) is 2. The fraction of sp³-hybridized carbons (Fsp3) is 0.143. The smallest absolute Gasteiger partial charge is 0.152 e. The molecule has 4 rings (SSSR count). The van der Waals surface area contributed by atoms with Crippen LogP contribution < -0.4 is 4.74 Å². The van der Waals surface area contributed by atoms with E-state index >= 15 is 0 Å². The first-order valence-corrected chi connectivity index (χ1v) is 10.0. The topological polar surface area (TPSA) is 35.0 Å². The van der Waals surface area contributed by atoms with E-state index in [2.05, 4.69) is 42.8 Å². The highest BCUT2D eigenvalue weighted by molar-refractivity contribution is 7.20. The van der Waals surface area contributed by atoms with Crippen molar-refractivity contribution < 1.29 is 4.74 Å². The van der Waals surface area contributed by atoms with Gasteiger partial charge in [-0.15, -0.1) is 22.7 Å². The third-order valence-electron chi connectivity index (χ3n) is 4.38. The van der Waals surface area contributed by atoms with E-state index in [1.54, 1.807) is 29.8 Å². The zero-order valence-corrected chi connectivity index (χ0v) is 16.4. The average molecular weight is 379 g/mol. The number of hydrogen-bond donors (Lipinski definition) is 0. The molecular formula is C21H18N2OS2. The van der Waals surface area contributed by atoms with Gasteiger partial charge in [-0.2, -0.15) is 0 Å². The molecule has 0 aliphatic carbocycles. The minimum absolute atomic E-state index is 0.849. The van der Waals surface area contributed by atoms with Crippen molar-refractivity contribution in [3.05, 3.63) is 64.4 Å². The molecule has 0 fully saturated rings. The molecule has 5 heteroatoms. The van der Waals surface area contributed by atoms with Gasteiger partial charge in [-0.05, 0) is 55.3 Å². The van der Waals surface area contributed by atoms with Gasteiger partial charge in [0.05, 0.1) is 18.5 Å². The maximum atomic E-state index is 5.21. The maximum absolute atomic E-state index is 5.21. The molecule has 0 amide bonds. The zero-order valence-electron chi connectivity index (χ0n) is 14.8. The van der Waals surface area contributed by atoms with Crippen LogP contribution in [0.4, 0.5) is 0 Å². The van der Waals surface area contributed by atoms with Crippen molar-refractivity contribution in [2.45, 2.75) is 13.8 Å². The lowest BCUT2D eigenvalue weighted by atomic mass is 10.1. The van der Waals surface area contributed by atoms with Gasteiger partial charge in [0.15, 0.2) is 10.0 Å². The standard InChI is InChI=1S/C21H18N2OS2/c1-13-4-5-16(10-14(13)2)19-12-26-21(23-19)20-22-18(11-25-20)15-6-8-17(24-3)9-7-15/h4-12H,1-3H3. The van der Waals surface area contributed by atoms with E-state index < -0.39 is 0 Å². The quantitative estimate of drug-likeness (QED) is 0.422. The normalized spacial score (nSPS) is 10.9. The van der Waals surface area contributed by atoms with Crippen molar-refractivity contribution in [1.82, 2.24) is 9.97 Å². The van der Waals surface area contributed by atoms with Crippen LogP contribution in [0.25, 0.3) is 32.5 Å². The summed E-state index contributed by atoms with van der Waals surface area (Å²) < 4.78 is 5.21. The van der Waals surface area contributed by atoms with Crippen LogP contribution in [0, 0.1) is 13.8 Å². The molecule has 0 bridgehead atoms. The van der Waals surface area contributed by atoms with Crippen LogP contribution in [0.3, 0.4) is 0 Å². The molecule has 0 aliphatic heterocycles. The summed E-state index contributed by atoms with van der Waals surface area (Å²) in [5.41, 5.74) is 6.80. The molecular weight excluding hydrogens is 360 g/mol.